The average Bonchev–Trinajstić information content (AvgIpc) is 3.29. The van der Waals surface area contributed by atoms with Crippen LogP contribution in [0.25, 0.3) is 0 Å². The fourth-order valence-corrected chi connectivity index (χ4v) is 7.61. The van der Waals surface area contributed by atoms with E-state index >= 15 is 0 Å². The number of carboxylic acid groups (broad SMARTS) is 3. The Labute approximate surface area is 437 Å². The summed E-state index contributed by atoms with van der Waals surface area (Å²) < 4.78 is 16.4. The van der Waals surface area contributed by atoms with Gasteiger partial charge in [0.05, 0.1) is 30.4 Å². The predicted molar refractivity (Wildman–Crippen MR) is 268 cm³/mol. The fraction of sp³-hybridized carbons (Fsp3) is 0.792. The largest absolute Gasteiger partial charge is 3.00 e. The van der Waals surface area contributed by atoms with E-state index in [1.54, 1.807) is 0 Å². The number of carbonyl (C=O) groups excluding carboxylic acids is 7. The number of ether oxygens (including phenoxy) is 3. The van der Waals surface area contributed by atoms with Gasteiger partial charge < -0.3 is 60.2 Å². The van der Waals surface area contributed by atoms with Gasteiger partial charge in [0.1, 0.15) is 13.2 Å². The normalized spacial score (nSPS) is 11.8. The van der Waals surface area contributed by atoms with Crippen molar-refractivity contribution in [3.63, 3.8) is 0 Å². The van der Waals surface area contributed by atoms with Crippen molar-refractivity contribution < 1.29 is 92.0 Å². The first-order valence-electron chi connectivity index (χ1n) is 26.3. The van der Waals surface area contributed by atoms with Crippen LogP contribution in [0, 0.1) is 0 Å². The second-order valence-electron chi connectivity index (χ2n) is 18.0. The standard InChI is InChI=1S/C53H92N2O13.Ni.2H2O/c1-3-5-7-9-11-13-15-17-19-21-23-25-27-29-31-36-50(61)66-43-45(68-52(63)37-32-30-28-26-24-22-20-18-16-14-12-10-8-6-4-2)44-67-51(62)39-38-47(56)54-40-34-33-35-46(53(64)65)55(41-48(57)58)42-49(59)60;;;/h17-20,45-46H,3-16,21-44H2,1-2H3,(H,54,56)(H,57,58)(H,59,60)(H,64,65);;2*1H2/q;+3;;. The van der Waals surface area contributed by atoms with Gasteiger partial charge in [-0.25, -0.2) is 0 Å². The molecule has 0 fully saturated rings. The zero-order chi connectivity index (χ0) is 50.3. The summed E-state index contributed by atoms with van der Waals surface area (Å²) in [6, 6.07) is -1.52. The fourth-order valence-electron chi connectivity index (χ4n) is 7.61. The molecule has 415 valence electrons. The molecule has 1 amide bonds. The number of unbranched alkanes of at least 4 members (excludes halogenated alkanes) is 23. The molecule has 0 aliphatic heterocycles. The summed E-state index contributed by atoms with van der Waals surface area (Å²) in [5.41, 5.74) is 0. The van der Waals surface area contributed by atoms with Crippen molar-refractivity contribution in [1.29, 1.82) is 0 Å². The molecule has 0 bridgehead atoms. The zero-order valence-corrected chi connectivity index (χ0v) is 44.5. The molecule has 2 atom stereocenters. The van der Waals surface area contributed by atoms with Gasteiger partial charge in [-0.2, -0.15) is 0 Å². The second-order valence-corrected chi connectivity index (χ2v) is 18.0. The number of rotatable bonds is 49. The van der Waals surface area contributed by atoms with Crippen molar-refractivity contribution in [1.82, 2.24) is 10.2 Å². The Bertz CT molecular complexity index is 1410. The Morgan fingerprint density at radius 2 is 0.873 bits per heavy atom. The summed E-state index contributed by atoms with van der Waals surface area (Å²) in [6.07, 6.45) is 37.9. The minimum absolute atomic E-state index is 0. The molecule has 0 aromatic rings. The van der Waals surface area contributed by atoms with Gasteiger partial charge in [-0.1, -0.05) is 141 Å². The van der Waals surface area contributed by atoms with Crippen LogP contribution in [0.4, 0.5) is 0 Å². The predicted octanol–water partition coefficient (Wildman–Crippen LogP) is 5.31. The molecule has 0 aromatic heterocycles. The monoisotopic (exact) mass is 1060 g/mol. The van der Waals surface area contributed by atoms with E-state index in [0.717, 1.165) is 77.0 Å². The molecule has 0 rings (SSSR count). The van der Waals surface area contributed by atoms with Gasteiger partial charge in [0.2, 0.25) is 5.91 Å². The van der Waals surface area contributed by atoms with Crippen LogP contribution < -0.4 is 20.6 Å². The van der Waals surface area contributed by atoms with Crippen molar-refractivity contribution in [3.8, 4) is 0 Å². The van der Waals surface area contributed by atoms with Crippen LogP contribution in [0.1, 0.15) is 227 Å². The van der Waals surface area contributed by atoms with E-state index in [0.29, 0.717) is 17.7 Å². The molecule has 0 heterocycles. The van der Waals surface area contributed by atoms with Gasteiger partial charge in [0.15, 0.2) is 6.10 Å². The van der Waals surface area contributed by atoms with Crippen LogP contribution in [0.5, 0.6) is 0 Å². The molecular formula is C53H96N2NiO15+3. The Morgan fingerprint density at radius 3 is 1.28 bits per heavy atom. The SMILES string of the molecule is CCCCCCCCC=CCCCCCCCC(=O)OCC(COC(=O)CCC(=O)NCCCCC(C(=O)[O-])N(CC(=O)[O-])CC(=O)[O-])OC(=O)CCCCCCCC=CCCCCCCCC.[H+].[Ni+3].[OH3+].[OH3+]. The second kappa shape index (κ2) is 53.9. The minimum atomic E-state index is -1.66. The van der Waals surface area contributed by atoms with Crippen LogP contribution in [0.15, 0.2) is 24.3 Å². The Morgan fingerprint density at radius 1 is 0.493 bits per heavy atom. The molecule has 18 heteroatoms. The first-order chi connectivity index (χ1) is 32.9. The maximum absolute atomic E-state index is 12.8. The van der Waals surface area contributed by atoms with Crippen LogP contribution >= 0.6 is 0 Å². The molecule has 71 heavy (non-hydrogen) atoms. The van der Waals surface area contributed by atoms with E-state index in [-0.39, 0.29) is 93.6 Å². The molecule has 0 saturated heterocycles. The van der Waals surface area contributed by atoms with Crippen LogP contribution in [-0.4, -0.2) is 91.6 Å². The number of carboxylic acids is 3. The van der Waals surface area contributed by atoms with E-state index in [2.05, 4.69) is 43.5 Å². The van der Waals surface area contributed by atoms with Gasteiger partial charge in [0.25, 0.3) is 0 Å². The molecule has 7 N–H and O–H groups in total. The number of allylic oxidation sites excluding steroid dienone is 4. The molecule has 0 aliphatic carbocycles. The third kappa shape index (κ3) is 50.9. The molecule has 0 saturated carbocycles. The maximum atomic E-state index is 12.8. The van der Waals surface area contributed by atoms with E-state index in [4.69, 9.17) is 14.2 Å². The van der Waals surface area contributed by atoms with Gasteiger partial charge in [0, 0.05) is 38.9 Å². The third-order valence-electron chi connectivity index (χ3n) is 11.6. The van der Waals surface area contributed by atoms with Crippen molar-refractivity contribution in [2.75, 3.05) is 32.8 Å². The Kier molecular flexibility index (Phi) is 56.0. The van der Waals surface area contributed by atoms with Crippen LogP contribution in [-0.2, 0) is 75.2 Å². The third-order valence-corrected chi connectivity index (χ3v) is 11.6. The number of hydrogen-bond acceptors (Lipinski definition) is 14. The van der Waals surface area contributed by atoms with Crippen LogP contribution in [0.3, 0.4) is 0 Å². The number of hydrogen-bond donors (Lipinski definition) is 1. The minimum Gasteiger partial charge on any atom is -0.549 e. The van der Waals surface area contributed by atoms with Gasteiger partial charge >= 0.3 is 35.8 Å². The van der Waals surface area contributed by atoms with E-state index < -0.39 is 67.0 Å². The molecule has 0 aliphatic rings. The molecule has 17 nitrogen and oxygen atoms in total. The molecule has 0 spiro atoms. The van der Waals surface area contributed by atoms with Crippen molar-refractivity contribution >= 4 is 41.7 Å². The molecule has 0 aromatic carbocycles. The smallest absolute Gasteiger partial charge is 0.549 e. The summed E-state index contributed by atoms with van der Waals surface area (Å²) in [7, 11) is 0. The summed E-state index contributed by atoms with van der Waals surface area (Å²) in [5.74, 6) is -7.09. The summed E-state index contributed by atoms with van der Waals surface area (Å²) in [4.78, 5) is 84.6. The number of nitrogens with zero attached hydrogens (tertiary/aromatic N) is 1. The summed E-state index contributed by atoms with van der Waals surface area (Å²) in [6.45, 7) is 2.06. The van der Waals surface area contributed by atoms with Crippen molar-refractivity contribution in [2.45, 2.75) is 238 Å². The maximum Gasteiger partial charge on any atom is 3.00 e. The van der Waals surface area contributed by atoms with Gasteiger partial charge in [-0.15, -0.1) is 0 Å². The molecule has 2 unspecified atom stereocenters. The zero-order valence-electron chi connectivity index (χ0n) is 44.6. The molecular weight excluding hydrogens is 963 g/mol. The van der Waals surface area contributed by atoms with E-state index in [1.165, 1.54) is 77.0 Å². The first kappa shape index (κ1) is 73.7. The van der Waals surface area contributed by atoms with Gasteiger partial charge in [-0.3, -0.25) is 24.1 Å². The molecule has 1 radical (unpaired) electrons. The van der Waals surface area contributed by atoms with Crippen molar-refractivity contribution in [3.05, 3.63) is 24.3 Å². The number of carbonyl (C=O) groups is 7. The number of nitrogens with one attached hydrogen (secondary N) is 1. The number of esters is 3. The van der Waals surface area contributed by atoms with Gasteiger partial charge in [-0.05, 0) is 83.5 Å². The summed E-state index contributed by atoms with van der Waals surface area (Å²) >= 11 is 0. The summed E-state index contributed by atoms with van der Waals surface area (Å²) in [5, 5.41) is 36.1. The van der Waals surface area contributed by atoms with Crippen molar-refractivity contribution in [2.24, 2.45) is 0 Å². The Hall–Kier alpha value is -3.86. The number of aliphatic carboxylic acids is 3. The van der Waals surface area contributed by atoms with Crippen LogP contribution in [0.2, 0.25) is 0 Å². The average molecular weight is 1060 g/mol. The van der Waals surface area contributed by atoms with E-state index in [1.807, 2.05) is 0 Å². The first-order valence-corrected chi connectivity index (χ1v) is 26.3. The number of amides is 1. The van der Waals surface area contributed by atoms with E-state index in [9.17, 15) is 48.9 Å². The Balaban J connectivity index is -0.00000374. The topological polar surface area (TPSA) is 298 Å². The quantitative estimate of drug-likeness (QED) is 0.0202.